The van der Waals surface area contributed by atoms with Gasteiger partial charge in [0, 0.05) is 15.6 Å². The van der Waals surface area contributed by atoms with Crippen molar-refractivity contribution in [3.63, 3.8) is 0 Å². The van der Waals surface area contributed by atoms with Gasteiger partial charge in [0.15, 0.2) is 6.10 Å². The first-order chi connectivity index (χ1) is 9.67. The smallest absolute Gasteiger partial charge is 0.152 e. The minimum Gasteiger partial charge on any atom is -0.480 e. The topological polar surface area (TPSA) is 26.3 Å². The number of rotatable bonds is 2. The first-order valence-corrected chi connectivity index (χ1v) is 6.85. The minimum absolute atomic E-state index is 0.314. The van der Waals surface area contributed by atoms with Crippen LogP contribution < -0.4 is 4.74 Å². The Morgan fingerprint density at radius 2 is 1.90 bits per heavy atom. The largest absolute Gasteiger partial charge is 0.480 e. The molecule has 0 aromatic heterocycles. The summed E-state index contributed by atoms with van der Waals surface area (Å²) in [6.07, 6.45) is 2.07. The average Bonchev–Trinajstić information content (AvgIpc) is 2.46. The molecule has 4 heteroatoms. The van der Waals surface area contributed by atoms with Gasteiger partial charge in [-0.1, -0.05) is 28.1 Å². The number of benzene rings is 2. The molecule has 1 atom stereocenters. The van der Waals surface area contributed by atoms with E-state index in [9.17, 15) is 9.18 Å². The molecule has 2 nitrogen and oxygen atoms in total. The van der Waals surface area contributed by atoms with E-state index >= 15 is 0 Å². The van der Waals surface area contributed by atoms with Crippen LogP contribution in [0.3, 0.4) is 0 Å². The van der Waals surface area contributed by atoms with Gasteiger partial charge in [0.2, 0.25) is 0 Å². The molecular weight excluding hydrogens is 323 g/mol. The molecule has 0 N–H and O–H groups in total. The summed E-state index contributed by atoms with van der Waals surface area (Å²) in [5, 5.41) is 0. The van der Waals surface area contributed by atoms with E-state index in [0.717, 1.165) is 21.9 Å². The lowest BCUT2D eigenvalue weighted by atomic mass is 9.97. The maximum Gasteiger partial charge on any atom is 0.152 e. The van der Waals surface area contributed by atoms with Crippen molar-refractivity contribution in [2.75, 3.05) is 0 Å². The zero-order chi connectivity index (χ0) is 14.1. The Morgan fingerprint density at radius 3 is 2.60 bits per heavy atom. The van der Waals surface area contributed by atoms with E-state index < -0.39 is 6.10 Å². The molecule has 1 aliphatic heterocycles. The van der Waals surface area contributed by atoms with Crippen molar-refractivity contribution in [3.8, 4) is 5.75 Å². The van der Waals surface area contributed by atoms with Crippen molar-refractivity contribution >= 4 is 28.3 Å². The fourth-order valence-electron chi connectivity index (χ4n) is 2.18. The lowest BCUT2D eigenvalue weighted by molar-refractivity contribution is -0.105. The molecule has 3 rings (SSSR count). The molecule has 1 unspecified atom stereocenters. The van der Waals surface area contributed by atoms with Crippen LogP contribution in [0, 0.1) is 5.82 Å². The normalized spacial score (nSPS) is 16.9. The second-order valence-corrected chi connectivity index (χ2v) is 5.41. The van der Waals surface area contributed by atoms with Gasteiger partial charge in [0.1, 0.15) is 17.9 Å². The van der Waals surface area contributed by atoms with Gasteiger partial charge in [-0.25, -0.2) is 4.39 Å². The lowest BCUT2D eigenvalue weighted by Crippen LogP contribution is -2.15. The van der Waals surface area contributed by atoms with Crippen LogP contribution in [0.15, 0.2) is 52.5 Å². The molecule has 100 valence electrons. The van der Waals surface area contributed by atoms with E-state index in [4.69, 9.17) is 4.74 Å². The van der Waals surface area contributed by atoms with E-state index in [2.05, 4.69) is 15.9 Å². The summed E-state index contributed by atoms with van der Waals surface area (Å²) in [5.74, 6) is 0.388. The van der Waals surface area contributed by atoms with Crippen LogP contribution in [0.4, 0.5) is 4.39 Å². The van der Waals surface area contributed by atoms with Crippen molar-refractivity contribution in [1.29, 1.82) is 0 Å². The van der Waals surface area contributed by atoms with Crippen molar-refractivity contribution in [1.82, 2.24) is 0 Å². The van der Waals surface area contributed by atoms with Crippen molar-refractivity contribution in [3.05, 3.63) is 69.5 Å². The Morgan fingerprint density at radius 1 is 1.15 bits per heavy atom. The van der Waals surface area contributed by atoms with Crippen LogP contribution in [0.1, 0.15) is 17.2 Å². The second kappa shape index (κ2) is 5.21. The standard InChI is InChI=1S/C16H10BrFO2/c17-13-3-6-15-11(8-13)7-12(9-19)16(20-15)10-1-4-14(18)5-2-10/h1-9,16H. The van der Waals surface area contributed by atoms with Crippen LogP contribution in [-0.2, 0) is 4.79 Å². The second-order valence-electron chi connectivity index (χ2n) is 4.49. The Kier molecular flexibility index (Phi) is 3.40. The number of carbonyl (C=O) groups excluding carboxylic acids is 1. The molecule has 0 saturated carbocycles. The summed E-state index contributed by atoms with van der Waals surface area (Å²) in [6.45, 7) is 0. The number of halogens is 2. The van der Waals surface area contributed by atoms with E-state index in [-0.39, 0.29) is 5.82 Å². The number of carbonyl (C=O) groups is 1. The van der Waals surface area contributed by atoms with E-state index in [1.807, 2.05) is 18.2 Å². The molecule has 0 aliphatic carbocycles. The van der Waals surface area contributed by atoms with Crippen LogP contribution >= 0.6 is 15.9 Å². The van der Waals surface area contributed by atoms with Gasteiger partial charge in [-0.05, 0) is 42.0 Å². The first kappa shape index (κ1) is 13.1. The predicted molar refractivity (Wildman–Crippen MR) is 78.0 cm³/mol. The number of hydrogen-bond acceptors (Lipinski definition) is 2. The summed E-state index contributed by atoms with van der Waals surface area (Å²) < 4.78 is 19.8. The maximum atomic E-state index is 13.0. The third-order valence-corrected chi connectivity index (χ3v) is 3.64. The zero-order valence-corrected chi connectivity index (χ0v) is 11.9. The summed E-state index contributed by atoms with van der Waals surface area (Å²) >= 11 is 3.39. The number of ether oxygens (including phenoxy) is 1. The van der Waals surface area contributed by atoms with Crippen LogP contribution in [-0.4, -0.2) is 6.29 Å². The summed E-state index contributed by atoms with van der Waals surface area (Å²) in [5.41, 5.74) is 2.11. The highest BCUT2D eigenvalue weighted by atomic mass is 79.9. The minimum atomic E-state index is -0.498. The lowest BCUT2D eigenvalue weighted by Gasteiger charge is -2.25. The van der Waals surface area contributed by atoms with Gasteiger partial charge < -0.3 is 4.74 Å². The fraction of sp³-hybridized carbons (Fsp3) is 0.0625. The van der Waals surface area contributed by atoms with E-state index in [0.29, 0.717) is 11.3 Å². The van der Waals surface area contributed by atoms with Gasteiger partial charge >= 0.3 is 0 Å². The third-order valence-electron chi connectivity index (χ3n) is 3.15. The molecule has 1 aliphatic rings. The highest BCUT2D eigenvalue weighted by Gasteiger charge is 2.24. The quantitative estimate of drug-likeness (QED) is 0.766. The van der Waals surface area contributed by atoms with E-state index in [1.54, 1.807) is 18.2 Å². The molecule has 0 amide bonds. The average molecular weight is 333 g/mol. The van der Waals surface area contributed by atoms with Crippen LogP contribution in [0.5, 0.6) is 5.75 Å². The number of fused-ring (bicyclic) bond motifs is 1. The number of hydrogen-bond donors (Lipinski definition) is 0. The molecule has 0 radical (unpaired) electrons. The van der Waals surface area contributed by atoms with Crippen molar-refractivity contribution in [2.45, 2.75) is 6.10 Å². The number of aldehydes is 1. The summed E-state index contributed by atoms with van der Waals surface area (Å²) in [4.78, 5) is 11.3. The van der Waals surface area contributed by atoms with Gasteiger partial charge in [0.25, 0.3) is 0 Å². The first-order valence-electron chi connectivity index (χ1n) is 6.06. The van der Waals surface area contributed by atoms with Crippen molar-refractivity contribution in [2.24, 2.45) is 0 Å². The fourth-order valence-corrected chi connectivity index (χ4v) is 2.56. The van der Waals surface area contributed by atoms with Gasteiger partial charge in [-0.3, -0.25) is 4.79 Å². The Hall–Kier alpha value is -1.94. The Labute approximate surface area is 124 Å². The predicted octanol–water partition coefficient (Wildman–Crippen LogP) is 4.30. The maximum absolute atomic E-state index is 13.0. The molecule has 0 bridgehead atoms. The molecule has 2 aromatic rings. The molecule has 0 saturated heterocycles. The molecule has 2 aromatic carbocycles. The molecule has 0 fully saturated rings. The summed E-state index contributed by atoms with van der Waals surface area (Å²) in [6, 6.07) is 11.6. The monoisotopic (exact) mass is 332 g/mol. The van der Waals surface area contributed by atoms with Gasteiger partial charge in [-0.2, -0.15) is 0 Å². The molecule has 0 spiro atoms. The molecular formula is C16H10BrFO2. The van der Waals surface area contributed by atoms with Crippen LogP contribution in [0.2, 0.25) is 0 Å². The zero-order valence-electron chi connectivity index (χ0n) is 10.3. The SMILES string of the molecule is O=CC1=Cc2cc(Br)ccc2OC1c1ccc(F)cc1. The summed E-state index contributed by atoms with van der Waals surface area (Å²) in [7, 11) is 0. The Bertz CT molecular complexity index is 692. The van der Waals surface area contributed by atoms with Gasteiger partial charge in [-0.15, -0.1) is 0 Å². The highest BCUT2D eigenvalue weighted by molar-refractivity contribution is 9.10. The van der Waals surface area contributed by atoms with Crippen LogP contribution in [0.25, 0.3) is 6.08 Å². The molecule has 1 heterocycles. The van der Waals surface area contributed by atoms with E-state index in [1.165, 1.54) is 12.1 Å². The molecule has 20 heavy (non-hydrogen) atoms. The van der Waals surface area contributed by atoms with Crippen molar-refractivity contribution < 1.29 is 13.9 Å². The Balaban J connectivity index is 2.04. The highest BCUT2D eigenvalue weighted by Crippen LogP contribution is 2.37. The van der Waals surface area contributed by atoms with Gasteiger partial charge in [0.05, 0.1) is 0 Å². The third kappa shape index (κ3) is 2.39.